The molecule has 0 aromatic heterocycles. The van der Waals surface area contributed by atoms with Crippen molar-refractivity contribution in [3.8, 4) is 0 Å². The molecule has 1 aliphatic heterocycles. The molecule has 1 unspecified atom stereocenters. The van der Waals surface area contributed by atoms with Crippen molar-refractivity contribution in [2.75, 3.05) is 41.2 Å². The summed E-state index contributed by atoms with van der Waals surface area (Å²) in [6, 6.07) is 0.780. The summed E-state index contributed by atoms with van der Waals surface area (Å²) in [5, 5.41) is 0. The van der Waals surface area contributed by atoms with Crippen molar-refractivity contribution in [3.63, 3.8) is 0 Å². The molecule has 1 fully saturated rings. The van der Waals surface area contributed by atoms with Crippen molar-refractivity contribution in [1.29, 1.82) is 0 Å². The van der Waals surface area contributed by atoms with Gasteiger partial charge in [-0.25, -0.2) is 0 Å². The zero-order valence-corrected chi connectivity index (χ0v) is 11.2. The van der Waals surface area contributed by atoms with Crippen molar-refractivity contribution >= 4 is 8.80 Å². The van der Waals surface area contributed by atoms with Crippen LogP contribution in [0, 0.1) is 0 Å². The molecular weight excluding hydrogens is 232 g/mol. The van der Waals surface area contributed by atoms with E-state index in [0.29, 0.717) is 19.3 Å². The molecule has 0 bridgehead atoms. The molecule has 1 atom stereocenters. The molecule has 0 amide bonds. The maximum absolute atomic E-state index is 5.42. The van der Waals surface area contributed by atoms with E-state index < -0.39 is 8.80 Å². The van der Waals surface area contributed by atoms with Gasteiger partial charge in [-0.3, -0.25) is 0 Å². The minimum absolute atomic E-state index is 0. The highest BCUT2D eigenvalue weighted by Gasteiger charge is 2.36. The van der Waals surface area contributed by atoms with Crippen LogP contribution < -0.4 is 0 Å². The fraction of sp³-hybridized carbons (Fsp3) is 1.00. The first-order chi connectivity index (χ1) is 7.26. The molecule has 0 spiro atoms. The lowest BCUT2D eigenvalue weighted by molar-refractivity contribution is 0.100. The first-order valence-corrected chi connectivity index (χ1v) is 7.04. The van der Waals surface area contributed by atoms with Crippen LogP contribution in [0.25, 0.3) is 0 Å². The molecule has 98 valence electrons. The lowest BCUT2D eigenvalue weighted by Crippen LogP contribution is -2.42. The van der Waals surface area contributed by atoms with E-state index in [2.05, 4.69) is 0 Å². The molecule has 6 nitrogen and oxygen atoms in total. The molecule has 2 N–H and O–H groups in total. The van der Waals surface area contributed by atoms with E-state index in [4.69, 9.17) is 22.8 Å². The molecule has 0 aliphatic carbocycles. The summed E-state index contributed by atoms with van der Waals surface area (Å²) >= 11 is 0. The number of hydrogen-bond donors (Lipinski definition) is 0. The summed E-state index contributed by atoms with van der Waals surface area (Å²) < 4.78 is 26.3. The SMILES string of the molecule is CO[Si](CCCOCC1CO1)(OC)OC.O. The Bertz CT molecular complexity index is 163. The van der Waals surface area contributed by atoms with Gasteiger partial charge in [-0.2, -0.15) is 0 Å². The average molecular weight is 254 g/mol. The van der Waals surface area contributed by atoms with Crippen molar-refractivity contribution < 1.29 is 28.2 Å². The third kappa shape index (κ3) is 5.35. The number of hydrogen-bond acceptors (Lipinski definition) is 5. The zero-order valence-electron chi connectivity index (χ0n) is 10.2. The quantitative estimate of drug-likeness (QED) is 0.324. The topological polar surface area (TPSA) is 81.0 Å². The maximum Gasteiger partial charge on any atom is 0.500 e. The first-order valence-electron chi connectivity index (χ1n) is 5.11. The van der Waals surface area contributed by atoms with Gasteiger partial charge in [0, 0.05) is 34.0 Å². The van der Waals surface area contributed by atoms with Crippen LogP contribution in [0.1, 0.15) is 6.42 Å². The Morgan fingerprint density at radius 3 is 2.19 bits per heavy atom. The van der Waals surface area contributed by atoms with Crippen LogP contribution in [0.15, 0.2) is 0 Å². The van der Waals surface area contributed by atoms with E-state index in [1.807, 2.05) is 0 Å². The highest BCUT2D eigenvalue weighted by Crippen LogP contribution is 2.15. The van der Waals surface area contributed by atoms with Crippen LogP contribution in [-0.2, 0) is 22.8 Å². The molecule has 0 saturated carbocycles. The Balaban J connectivity index is 0.00000225. The van der Waals surface area contributed by atoms with Gasteiger partial charge >= 0.3 is 8.80 Å². The highest BCUT2D eigenvalue weighted by molar-refractivity contribution is 6.60. The van der Waals surface area contributed by atoms with Crippen LogP contribution >= 0.6 is 0 Å². The van der Waals surface area contributed by atoms with Gasteiger partial charge in [-0.15, -0.1) is 0 Å². The monoisotopic (exact) mass is 254 g/mol. The summed E-state index contributed by atoms with van der Waals surface area (Å²) in [5.41, 5.74) is 0. The molecule has 0 radical (unpaired) electrons. The zero-order chi connectivity index (χ0) is 11.1. The van der Waals surface area contributed by atoms with Crippen LogP contribution in [0.3, 0.4) is 0 Å². The Hall–Kier alpha value is -0.0231. The van der Waals surface area contributed by atoms with Gasteiger partial charge in [0.15, 0.2) is 0 Å². The molecule has 16 heavy (non-hydrogen) atoms. The minimum atomic E-state index is -2.39. The van der Waals surface area contributed by atoms with Gasteiger partial charge in [0.05, 0.1) is 13.2 Å². The van der Waals surface area contributed by atoms with Gasteiger partial charge in [-0.1, -0.05) is 0 Å². The largest absolute Gasteiger partial charge is 0.500 e. The summed E-state index contributed by atoms with van der Waals surface area (Å²) in [7, 11) is 2.48. The smallest absolute Gasteiger partial charge is 0.412 e. The number of ether oxygens (including phenoxy) is 2. The maximum atomic E-state index is 5.42. The second kappa shape index (κ2) is 8.12. The predicted octanol–water partition coefficient (Wildman–Crippen LogP) is -0.155. The predicted molar refractivity (Wildman–Crippen MR) is 60.4 cm³/mol. The van der Waals surface area contributed by atoms with E-state index in [9.17, 15) is 0 Å². The average Bonchev–Trinajstić information content (AvgIpc) is 3.08. The third-order valence-corrected chi connectivity index (χ3v) is 5.24. The van der Waals surface area contributed by atoms with Crippen LogP contribution in [-0.4, -0.2) is 61.5 Å². The Labute approximate surface area is 97.5 Å². The van der Waals surface area contributed by atoms with Gasteiger partial charge in [0.2, 0.25) is 0 Å². The molecule has 7 heteroatoms. The summed E-state index contributed by atoms with van der Waals surface area (Å²) in [6.07, 6.45) is 1.22. The van der Waals surface area contributed by atoms with Gasteiger partial charge < -0.3 is 28.2 Å². The molecule has 1 heterocycles. The van der Waals surface area contributed by atoms with Gasteiger partial charge in [0.1, 0.15) is 6.10 Å². The number of rotatable bonds is 9. The van der Waals surface area contributed by atoms with Crippen molar-refractivity contribution in [3.05, 3.63) is 0 Å². The van der Waals surface area contributed by atoms with E-state index in [1.165, 1.54) is 0 Å². The standard InChI is InChI=1S/C9H20O5Si.H2O/c1-10-15(11-2,12-3)6-4-5-13-7-9-8-14-9;/h9H,4-8H2,1-3H3;1H2. The highest BCUT2D eigenvalue weighted by atomic mass is 28.4. The van der Waals surface area contributed by atoms with Crippen molar-refractivity contribution in [1.82, 2.24) is 0 Å². The molecule has 1 aliphatic rings. The fourth-order valence-electron chi connectivity index (χ4n) is 1.33. The summed E-state index contributed by atoms with van der Waals surface area (Å²) in [4.78, 5) is 0. The fourth-order valence-corrected chi connectivity index (χ4v) is 3.02. The summed E-state index contributed by atoms with van der Waals surface area (Å²) in [6.45, 7) is 2.24. The van der Waals surface area contributed by atoms with Crippen LogP contribution in [0.4, 0.5) is 0 Å². The normalized spacial score (nSPS) is 19.3. The minimum Gasteiger partial charge on any atom is -0.412 e. The number of epoxide rings is 1. The second-order valence-electron chi connectivity index (χ2n) is 3.43. The second-order valence-corrected chi connectivity index (χ2v) is 6.52. The van der Waals surface area contributed by atoms with E-state index in [1.54, 1.807) is 21.3 Å². The first kappa shape index (κ1) is 16.0. The Morgan fingerprint density at radius 2 is 1.75 bits per heavy atom. The lowest BCUT2D eigenvalue weighted by atomic mass is 10.5. The lowest BCUT2D eigenvalue weighted by Gasteiger charge is -2.24. The van der Waals surface area contributed by atoms with E-state index in [-0.39, 0.29) is 5.48 Å². The van der Waals surface area contributed by atoms with Crippen LogP contribution in [0.5, 0.6) is 0 Å². The van der Waals surface area contributed by atoms with Gasteiger partial charge in [-0.05, 0) is 6.42 Å². The molecule has 1 saturated heterocycles. The molecule has 1 rings (SSSR count). The Kier molecular flexibility index (Phi) is 8.11. The van der Waals surface area contributed by atoms with Gasteiger partial charge in [0.25, 0.3) is 0 Å². The van der Waals surface area contributed by atoms with Crippen LogP contribution in [0.2, 0.25) is 6.04 Å². The van der Waals surface area contributed by atoms with Crippen molar-refractivity contribution in [2.24, 2.45) is 0 Å². The van der Waals surface area contributed by atoms with E-state index >= 15 is 0 Å². The Morgan fingerprint density at radius 1 is 1.19 bits per heavy atom. The van der Waals surface area contributed by atoms with Crippen molar-refractivity contribution in [2.45, 2.75) is 18.6 Å². The molecular formula is C9H22O6Si. The van der Waals surface area contributed by atoms with E-state index in [0.717, 1.165) is 19.1 Å². The molecule has 0 aromatic carbocycles. The third-order valence-electron chi connectivity index (χ3n) is 2.41. The summed E-state index contributed by atoms with van der Waals surface area (Å²) in [5.74, 6) is 0. The molecule has 0 aromatic rings.